The molecule has 0 atom stereocenters. The summed E-state index contributed by atoms with van der Waals surface area (Å²) in [7, 11) is -4.12. The molecule has 112 valence electrons. The summed E-state index contributed by atoms with van der Waals surface area (Å²) in [4.78, 5) is 32.9. The Balaban J connectivity index is 1.91. The second-order valence-corrected chi connectivity index (χ2v) is 6.52. The maximum absolute atomic E-state index is 11.7. The average Bonchev–Trinajstić information content (AvgIpc) is 2.36. The summed E-state index contributed by atoms with van der Waals surface area (Å²) in [6.45, 7) is 0. The first-order chi connectivity index (χ1) is 9.35. The summed E-state index contributed by atoms with van der Waals surface area (Å²) in [5, 5.41) is 0. The summed E-state index contributed by atoms with van der Waals surface area (Å²) < 4.78 is 17.5. The van der Waals surface area contributed by atoms with Crippen LogP contribution < -0.4 is 11.4 Å². The standard InChI is InChI=1S/C11H18N3O5P/c12-10-5-6-14(11(15)13-10)8-1-3-9(4-2-8)19-7-20(16,17)18/h5-6,8-9H,1-4,7H2,(H2,12,13,15)(H2,16,17,18). The normalized spacial score (nSPS) is 23.7. The average molecular weight is 303 g/mol. The zero-order valence-electron chi connectivity index (χ0n) is 10.9. The lowest BCUT2D eigenvalue weighted by Gasteiger charge is -2.29. The zero-order valence-corrected chi connectivity index (χ0v) is 11.8. The molecule has 1 aliphatic carbocycles. The Labute approximate surface area is 115 Å². The van der Waals surface area contributed by atoms with Crippen LogP contribution in [0.2, 0.25) is 0 Å². The second-order valence-electron chi connectivity index (χ2n) is 4.93. The van der Waals surface area contributed by atoms with Crippen molar-refractivity contribution in [1.82, 2.24) is 9.55 Å². The van der Waals surface area contributed by atoms with E-state index in [9.17, 15) is 9.36 Å². The minimum absolute atomic E-state index is 0.0329. The van der Waals surface area contributed by atoms with Crippen molar-refractivity contribution in [3.63, 3.8) is 0 Å². The number of hydrogen-bond donors (Lipinski definition) is 3. The number of hydrogen-bond acceptors (Lipinski definition) is 5. The molecule has 9 heteroatoms. The Hall–Kier alpha value is -1.21. The molecule has 1 saturated carbocycles. The van der Waals surface area contributed by atoms with E-state index in [2.05, 4.69) is 4.98 Å². The minimum atomic E-state index is -4.12. The summed E-state index contributed by atoms with van der Waals surface area (Å²) in [6, 6.07) is 1.61. The molecular weight excluding hydrogens is 285 g/mol. The van der Waals surface area contributed by atoms with Crippen molar-refractivity contribution in [2.24, 2.45) is 0 Å². The van der Waals surface area contributed by atoms with E-state index in [4.69, 9.17) is 20.3 Å². The third-order valence-electron chi connectivity index (χ3n) is 3.37. The van der Waals surface area contributed by atoms with Gasteiger partial charge in [0.25, 0.3) is 0 Å². The van der Waals surface area contributed by atoms with Gasteiger partial charge in [-0.3, -0.25) is 9.13 Å². The molecular formula is C11H18N3O5P. The van der Waals surface area contributed by atoms with Crippen LogP contribution in [0.25, 0.3) is 0 Å². The van der Waals surface area contributed by atoms with Crippen molar-refractivity contribution in [1.29, 1.82) is 0 Å². The third-order valence-corrected chi connectivity index (χ3v) is 3.85. The lowest BCUT2D eigenvalue weighted by atomic mass is 9.93. The number of nitrogens with two attached hydrogens (primary N) is 1. The van der Waals surface area contributed by atoms with Crippen LogP contribution in [0.1, 0.15) is 31.7 Å². The molecule has 1 aromatic rings. The van der Waals surface area contributed by atoms with Gasteiger partial charge in [0, 0.05) is 12.2 Å². The first-order valence-electron chi connectivity index (χ1n) is 6.36. The third kappa shape index (κ3) is 4.14. The molecule has 0 unspecified atom stereocenters. The molecule has 0 saturated heterocycles. The van der Waals surface area contributed by atoms with Crippen LogP contribution in [0, 0.1) is 0 Å². The van der Waals surface area contributed by atoms with E-state index >= 15 is 0 Å². The van der Waals surface area contributed by atoms with E-state index in [0.29, 0.717) is 25.7 Å². The van der Waals surface area contributed by atoms with Gasteiger partial charge in [0.2, 0.25) is 0 Å². The van der Waals surface area contributed by atoms with E-state index in [1.54, 1.807) is 16.8 Å². The molecule has 0 spiro atoms. The van der Waals surface area contributed by atoms with Crippen LogP contribution in [0.5, 0.6) is 0 Å². The Morgan fingerprint density at radius 1 is 1.40 bits per heavy atom. The van der Waals surface area contributed by atoms with Crippen molar-refractivity contribution >= 4 is 13.4 Å². The van der Waals surface area contributed by atoms with E-state index in [0.717, 1.165) is 0 Å². The first-order valence-corrected chi connectivity index (χ1v) is 8.16. The van der Waals surface area contributed by atoms with Gasteiger partial charge < -0.3 is 20.3 Å². The highest BCUT2D eigenvalue weighted by atomic mass is 31.2. The van der Waals surface area contributed by atoms with Crippen LogP contribution in [-0.2, 0) is 9.30 Å². The van der Waals surface area contributed by atoms with Gasteiger partial charge in [0.05, 0.1) is 6.10 Å². The smallest absolute Gasteiger partial charge is 0.350 e. The molecule has 8 nitrogen and oxygen atoms in total. The molecule has 0 radical (unpaired) electrons. The molecule has 1 aliphatic rings. The molecule has 1 fully saturated rings. The molecule has 20 heavy (non-hydrogen) atoms. The molecule has 0 amide bonds. The van der Waals surface area contributed by atoms with Crippen molar-refractivity contribution in [3.8, 4) is 0 Å². The van der Waals surface area contributed by atoms with Crippen molar-refractivity contribution in [3.05, 3.63) is 22.7 Å². The van der Waals surface area contributed by atoms with Gasteiger partial charge in [-0.2, -0.15) is 4.98 Å². The highest BCUT2D eigenvalue weighted by molar-refractivity contribution is 7.51. The number of aromatic nitrogens is 2. The molecule has 0 aliphatic heterocycles. The Bertz CT molecular complexity index is 561. The van der Waals surface area contributed by atoms with Crippen LogP contribution in [0.15, 0.2) is 17.1 Å². The van der Waals surface area contributed by atoms with Crippen molar-refractivity contribution < 1.29 is 19.1 Å². The summed E-state index contributed by atoms with van der Waals surface area (Å²) in [6.07, 6.45) is 3.63. The zero-order chi connectivity index (χ0) is 14.8. The topological polar surface area (TPSA) is 128 Å². The molecule has 2 rings (SSSR count). The largest absolute Gasteiger partial charge is 0.383 e. The molecule has 0 bridgehead atoms. The van der Waals surface area contributed by atoms with Gasteiger partial charge in [0.15, 0.2) is 0 Å². The van der Waals surface area contributed by atoms with Crippen molar-refractivity contribution in [2.45, 2.75) is 37.8 Å². The fourth-order valence-corrected chi connectivity index (χ4v) is 2.80. The lowest BCUT2D eigenvalue weighted by Crippen LogP contribution is -2.31. The van der Waals surface area contributed by atoms with E-state index in [1.165, 1.54) is 0 Å². The van der Waals surface area contributed by atoms with Crippen molar-refractivity contribution in [2.75, 3.05) is 12.1 Å². The minimum Gasteiger partial charge on any atom is -0.383 e. The van der Waals surface area contributed by atoms with Crippen LogP contribution in [0.4, 0.5) is 5.82 Å². The predicted molar refractivity (Wildman–Crippen MR) is 72.2 cm³/mol. The summed E-state index contributed by atoms with van der Waals surface area (Å²) in [5.41, 5.74) is 5.07. The molecule has 0 aromatic carbocycles. The highest BCUT2D eigenvalue weighted by Gasteiger charge is 2.25. The fourth-order valence-electron chi connectivity index (χ4n) is 2.40. The number of nitrogens with zero attached hydrogens (tertiary/aromatic N) is 2. The van der Waals surface area contributed by atoms with Gasteiger partial charge in [-0.1, -0.05) is 0 Å². The summed E-state index contributed by atoms with van der Waals surface area (Å²) in [5.74, 6) is 0.199. The van der Waals surface area contributed by atoms with E-state index in [1.807, 2.05) is 0 Å². The molecule has 4 N–H and O–H groups in total. The van der Waals surface area contributed by atoms with Gasteiger partial charge in [-0.05, 0) is 31.7 Å². The fraction of sp³-hybridized carbons (Fsp3) is 0.636. The summed E-state index contributed by atoms with van der Waals surface area (Å²) >= 11 is 0. The predicted octanol–water partition coefficient (Wildman–Crippen LogP) is 0.461. The van der Waals surface area contributed by atoms with E-state index in [-0.39, 0.29) is 23.7 Å². The molecule has 1 aromatic heterocycles. The molecule has 1 heterocycles. The van der Waals surface area contributed by atoms with Gasteiger partial charge >= 0.3 is 13.3 Å². The monoisotopic (exact) mass is 303 g/mol. The quantitative estimate of drug-likeness (QED) is 0.689. The van der Waals surface area contributed by atoms with Crippen LogP contribution in [0.3, 0.4) is 0 Å². The van der Waals surface area contributed by atoms with Crippen LogP contribution in [-0.4, -0.2) is 31.8 Å². The number of ether oxygens (including phenoxy) is 1. The Morgan fingerprint density at radius 2 is 2.05 bits per heavy atom. The Morgan fingerprint density at radius 3 is 2.60 bits per heavy atom. The number of nitrogen functional groups attached to an aromatic ring is 1. The number of rotatable bonds is 4. The lowest BCUT2D eigenvalue weighted by molar-refractivity contribution is 0.0373. The van der Waals surface area contributed by atoms with Gasteiger partial charge in [-0.15, -0.1) is 0 Å². The van der Waals surface area contributed by atoms with Crippen LogP contribution >= 0.6 is 7.60 Å². The van der Waals surface area contributed by atoms with E-state index < -0.39 is 13.9 Å². The van der Waals surface area contributed by atoms with Gasteiger partial charge in [0.1, 0.15) is 12.2 Å². The second kappa shape index (κ2) is 6.05. The Kier molecular flexibility index (Phi) is 4.59. The SMILES string of the molecule is Nc1ccn(C2CCC(OCP(=O)(O)O)CC2)c(=O)n1. The maximum Gasteiger partial charge on any atom is 0.350 e. The maximum atomic E-state index is 11.7. The number of anilines is 1. The highest BCUT2D eigenvalue weighted by Crippen LogP contribution is 2.37. The van der Waals surface area contributed by atoms with Gasteiger partial charge in [-0.25, -0.2) is 4.79 Å². The first kappa shape index (κ1) is 15.2.